The Hall–Kier alpha value is -7.20. The van der Waals surface area contributed by atoms with Crippen LogP contribution in [0.1, 0.15) is 122 Å². The number of aromatic nitrogens is 2. The number of rotatable bonds is 8. The van der Waals surface area contributed by atoms with Gasteiger partial charge in [0, 0.05) is 71.0 Å². The maximum absolute atomic E-state index is 8.75. The molecule has 11 rings (SSSR count). The minimum absolute atomic E-state index is 0. The summed E-state index contributed by atoms with van der Waals surface area (Å²) in [5, 5.41) is 1.65. The van der Waals surface area contributed by atoms with Gasteiger partial charge in [-0.15, -0.1) is 48.1 Å². The summed E-state index contributed by atoms with van der Waals surface area (Å²) >= 11 is 0. The van der Waals surface area contributed by atoms with Gasteiger partial charge in [-0.3, -0.25) is 0 Å². The average Bonchev–Trinajstić information content (AvgIpc) is 1.75. The van der Waals surface area contributed by atoms with E-state index >= 15 is 0 Å². The van der Waals surface area contributed by atoms with E-state index in [2.05, 4.69) is 172 Å². The van der Waals surface area contributed by atoms with E-state index in [-0.39, 0.29) is 65.2 Å². The third kappa shape index (κ3) is 10.5. The number of nitrogens with zero attached hydrogens (tertiary/aromatic N) is 4. The van der Waals surface area contributed by atoms with Crippen molar-refractivity contribution >= 4 is 44.6 Å². The van der Waals surface area contributed by atoms with Crippen molar-refractivity contribution < 1.29 is 36.8 Å². The molecule has 0 radical (unpaired) electrons. The monoisotopic (exact) mass is 1200 g/mol. The number of fused-ring (bicyclic) bond motifs is 4. The van der Waals surface area contributed by atoms with Crippen molar-refractivity contribution in [2.24, 2.45) is 0 Å². The molecule has 0 saturated heterocycles. The first-order valence-corrected chi connectivity index (χ1v) is 26.1. The van der Waals surface area contributed by atoms with Crippen LogP contribution in [-0.4, -0.2) is 9.55 Å². The van der Waals surface area contributed by atoms with Gasteiger partial charge in [-0.2, -0.15) is 12.1 Å². The van der Waals surface area contributed by atoms with Crippen molar-refractivity contribution in [1.29, 1.82) is 0 Å². The van der Waals surface area contributed by atoms with Crippen LogP contribution in [0.4, 0.5) is 22.7 Å². The van der Waals surface area contributed by atoms with Crippen molar-refractivity contribution in [3.63, 3.8) is 0 Å². The van der Waals surface area contributed by atoms with Gasteiger partial charge in [0.2, 0.25) is 0 Å². The molecular weight excluding hydrogens is 1120 g/mol. The van der Waals surface area contributed by atoms with Crippen LogP contribution in [0, 0.1) is 25.7 Å². The smallest absolute Gasteiger partial charge is 0.135 e. The molecule has 2 aromatic heterocycles. The number of ether oxygens (including phenoxy) is 1. The molecule has 0 fully saturated rings. The second kappa shape index (κ2) is 20.0. The molecule has 8 aromatic carbocycles. The summed E-state index contributed by atoms with van der Waals surface area (Å²) in [6, 6.07) is 52.3. The molecule has 0 unspecified atom stereocenters. The van der Waals surface area contributed by atoms with Gasteiger partial charge in [-0.25, -0.2) is 4.98 Å². The Labute approximate surface area is 483 Å². The summed E-state index contributed by atoms with van der Waals surface area (Å²) in [7, 11) is 0. The predicted octanol–water partition coefficient (Wildman–Crippen LogP) is 19.5. The normalized spacial score (nSPS) is 14.7. The third-order valence-electron chi connectivity index (χ3n) is 14.5. The summed E-state index contributed by atoms with van der Waals surface area (Å²) < 4.78 is 77.3. The number of benzene rings is 8. The molecule has 0 saturated carbocycles. The molecule has 77 heavy (non-hydrogen) atoms. The van der Waals surface area contributed by atoms with Crippen molar-refractivity contribution in [1.82, 2.24) is 9.55 Å². The van der Waals surface area contributed by atoms with Crippen LogP contribution >= 0.6 is 0 Å². The van der Waals surface area contributed by atoms with E-state index in [1.165, 1.54) is 34.5 Å². The van der Waals surface area contributed by atoms with Gasteiger partial charge in [-0.05, 0) is 126 Å². The molecule has 0 bridgehead atoms. The third-order valence-corrected chi connectivity index (χ3v) is 14.5. The number of aryl methyl sites for hydroxylation is 1. The van der Waals surface area contributed by atoms with Gasteiger partial charge in [-0.1, -0.05) is 192 Å². The fourth-order valence-corrected chi connectivity index (χ4v) is 9.95. The fraction of sp³-hybridized carbons (Fsp3) is 0.239. The average molecular weight is 1200 g/mol. The molecule has 3 heterocycles. The zero-order valence-electron chi connectivity index (χ0n) is 53.9. The summed E-state index contributed by atoms with van der Waals surface area (Å²) in [4.78, 5) is 9.28. The standard InChI is InChI=1S/C71H69N4O.Pt/c1-46-33-67(72-44-62(46)48-23-18-15-19-24-48)75-63-31-27-49(47-21-16-14-17-22-47)36-61(63)60-30-29-59(43-65(60)75)76-58-26-20-25-56(42-58)73-45-74(57-40-54(70(8,9)10)39-55(41-57)71(11,12)13)64-32-28-50(37-66(64)73)51-34-52(68(2,3)4)38-53(35-51)69(5,6)7;/h14-41,44-45H,1-13H3;/q-3;/i1D3,15D,18D,19D,23D,24D;. The van der Waals surface area contributed by atoms with Crippen molar-refractivity contribution in [3.05, 3.63) is 223 Å². The summed E-state index contributed by atoms with van der Waals surface area (Å²) in [5.74, 6) is 1.03. The van der Waals surface area contributed by atoms with E-state index in [0.29, 0.717) is 22.5 Å². The van der Waals surface area contributed by atoms with Crippen LogP contribution in [0.25, 0.3) is 61.0 Å². The zero-order chi connectivity index (χ0) is 60.3. The second-order valence-electron chi connectivity index (χ2n) is 24.2. The Balaban J connectivity index is 0.00000803. The molecule has 6 heteroatoms. The van der Waals surface area contributed by atoms with Crippen LogP contribution in [0.15, 0.2) is 176 Å². The van der Waals surface area contributed by atoms with Crippen molar-refractivity contribution in [2.45, 2.75) is 112 Å². The Morgan fingerprint density at radius 1 is 0.519 bits per heavy atom. The Kier molecular flexibility index (Phi) is 11.4. The van der Waals surface area contributed by atoms with E-state index in [0.717, 1.165) is 55.8 Å². The fourth-order valence-electron chi connectivity index (χ4n) is 9.95. The van der Waals surface area contributed by atoms with Gasteiger partial charge < -0.3 is 19.1 Å². The minimum atomic E-state index is -2.78. The summed E-state index contributed by atoms with van der Waals surface area (Å²) in [6.45, 7) is 26.5. The molecule has 0 aliphatic carbocycles. The molecule has 0 atom stereocenters. The van der Waals surface area contributed by atoms with Crippen molar-refractivity contribution in [2.75, 3.05) is 9.80 Å². The molecule has 0 amide bonds. The summed E-state index contributed by atoms with van der Waals surface area (Å²) in [5.41, 5.74) is 13.4. The van der Waals surface area contributed by atoms with Gasteiger partial charge in [0.1, 0.15) is 5.82 Å². The van der Waals surface area contributed by atoms with E-state index < -0.39 is 37.1 Å². The van der Waals surface area contributed by atoms with Crippen LogP contribution in [0.3, 0.4) is 0 Å². The first-order chi connectivity index (χ1) is 39.3. The topological polar surface area (TPSA) is 33.5 Å². The molecule has 0 N–H and O–H groups in total. The molecule has 0 spiro atoms. The molecule has 392 valence electrons. The van der Waals surface area contributed by atoms with Gasteiger partial charge in [0.05, 0.1) is 6.85 Å². The van der Waals surface area contributed by atoms with E-state index in [1.807, 2.05) is 77.4 Å². The van der Waals surface area contributed by atoms with Gasteiger partial charge in [0.15, 0.2) is 0 Å². The molecule has 1 aliphatic rings. The Bertz CT molecular complexity index is 4160. The molecule has 10 aromatic rings. The van der Waals surface area contributed by atoms with Crippen LogP contribution in [-0.2, 0) is 42.7 Å². The second-order valence-corrected chi connectivity index (χ2v) is 24.2. The molecule has 5 nitrogen and oxygen atoms in total. The van der Waals surface area contributed by atoms with Crippen LogP contribution in [0.5, 0.6) is 11.5 Å². The maximum Gasteiger partial charge on any atom is 0.135 e. The number of hydrogen-bond acceptors (Lipinski definition) is 4. The molecular formula is C71H69N4OPt-3. The number of hydrogen-bond donors (Lipinski definition) is 0. The number of pyridine rings is 1. The minimum Gasteiger partial charge on any atom is -0.509 e. The predicted molar refractivity (Wildman–Crippen MR) is 320 cm³/mol. The van der Waals surface area contributed by atoms with Crippen LogP contribution < -0.4 is 14.5 Å². The number of anilines is 4. The molecule has 1 aliphatic heterocycles. The van der Waals surface area contributed by atoms with Gasteiger partial charge in [0.25, 0.3) is 0 Å². The summed E-state index contributed by atoms with van der Waals surface area (Å²) in [6.07, 6.45) is 1.29. The van der Waals surface area contributed by atoms with Crippen LogP contribution in [0.2, 0.25) is 0 Å². The zero-order valence-corrected chi connectivity index (χ0v) is 48.2. The van der Waals surface area contributed by atoms with E-state index in [9.17, 15) is 0 Å². The quantitative estimate of drug-likeness (QED) is 0.142. The Morgan fingerprint density at radius 2 is 1.14 bits per heavy atom. The largest absolute Gasteiger partial charge is 0.509 e. The van der Waals surface area contributed by atoms with E-state index in [4.69, 9.17) is 20.7 Å². The van der Waals surface area contributed by atoms with Gasteiger partial charge >= 0.3 is 0 Å². The first-order valence-electron chi connectivity index (χ1n) is 30.1. The van der Waals surface area contributed by atoms with Crippen molar-refractivity contribution in [3.8, 4) is 50.7 Å². The SMILES string of the molecule is [2H]c1c([2H])c([2H])c(-c2cnc(-n3c4[c-]c(Oc5[c-]c(N6[CH-]N(c7cc(C(C)(C)C)cc(C(C)(C)C)c7)c7ccc(-c8cc(C(C)(C)C)cc(C(C)(C)C)c8)cc76)ccc5)ccc4c4cc(-c5ccccc5)ccc43)cc2C([2H])([2H])[2H])c([2H])c1[2H].[Pt]. The Morgan fingerprint density at radius 3 is 1.79 bits per heavy atom. The maximum atomic E-state index is 8.75. The van der Waals surface area contributed by atoms with E-state index in [1.54, 1.807) is 0 Å². The first kappa shape index (κ1) is 43.9.